The van der Waals surface area contributed by atoms with E-state index in [-0.39, 0.29) is 6.42 Å². The molecule has 1 saturated heterocycles. The van der Waals surface area contributed by atoms with E-state index < -0.39 is 18.1 Å². The van der Waals surface area contributed by atoms with Crippen LogP contribution < -0.4 is 10.8 Å². The monoisotopic (exact) mass is 293 g/mol. The molecule has 1 fully saturated rings. The third-order valence-electron chi connectivity index (χ3n) is 3.24. The smallest absolute Gasteiger partial charge is 0.428 e. The van der Waals surface area contributed by atoms with Gasteiger partial charge in [-0.1, -0.05) is 30.3 Å². The summed E-state index contributed by atoms with van der Waals surface area (Å²) in [7, 11) is 0. The molecule has 0 aromatic heterocycles. The van der Waals surface area contributed by atoms with Crippen LogP contribution in [0.5, 0.6) is 0 Å². The van der Waals surface area contributed by atoms with Crippen molar-refractivity contribution < 1.29 is 19.5 Å². The summed E-state index contributed by atoms with van der Waals surface area (Å²) >= 11 is 0. The van der Waals surface area contributed by atoms with E-state index in [2.05, 4.69) is 10.8 Å². The van der Waals surface area contributed by atoms with Gasteiger partial charge in [-0.25, -0.2) is 4.79 Å². The number of piperazine rings is 1. The van der Waals surface area contributed by atoms with Crippen molar-refractivity contribution in [2.45, 2.75) is 12.5 Å². The maximum absolute atomic E-state index is 11.8. The highest BCUT2D eigenvalue weighted by Crippen LogP contribution is 2.04. The van der Waals surface area contributed by atoms with Gasteiger partial charge in [-0.3, -0.25) is 4.79 Å². The Morgan fingerprint density at radius 2 is 1.95 bits per heavy atom. The second-order valence-electron chi connectivity index (χ2n) is 4.80. The second kappa shape index (κ2) is 7.61. The zero-order valence-electron chi connectivity index (χ0n) is 11.6. The molecular weight excluding hydrogens is 274 g/mol. The van der Waals surface area contributed by atoms with Crippen molar-refractivity contribution in [3.63, 3.8) is 0 Å². The largest absolute Gasteiger partial charge is 0.480 e. The highest BCUT2D eigenvalue weighted by Gasteiger charge is 2.23. The lowest BCUT2D eigenvalue weighted by atomic mass is 10.1. The Morgan fingerprint density at radius 3 is 2.57 bits per heavy atom. The lowest BCUT2D eigenvalue weighted by molar-refractivity contribution is -0.142. The number of nitrogens with one attached hydrogen (secondary N) is 2. The standard InChI is InChI=1S/C14H19N3O4/c18-13(19)12(10-11-4-2-1-3-5-11)16-21-14(20)17-8-6-15-7-9-17/h1-5,12,15-16H,6-10H2,(H,18,19)/t12-/m0/s1. The first-order valence-corrected chi connectivity index (χ1v) is 6.85. The number of amides is 1. The van der Waals surface area contributed by atoms with Gasteiger partial charge in [0, 0.05) is 32.6 Å². The number of hydroxylamine groups is 1. The van der Waals surface area contributed by atoms with Crippen molar-refractivity contribution in [3.05, 3.63) is 35.9 Å². The van der Waals surface area contributed by atoms with Gasteiger partial charge in [-0.2, -0.15) is 0 Å². The molecular formula is C14H19N3O4. The van der Waals surface area contributed by atoms with Crippen LogP contribution >= 0.6 is 0 Å². The van der Waals surface area contributed by atoms with E-state index >= 15 is 0 Å². The number of hydrogen-bond donors (Lipinski definition) is 3. The van der Waals surface area contributed by atoms with E-state index in [0.29, 0.717) is 26.2 Å². The molecule has 1 aliphatic rings. The molecule has 7 nitrogen and oxygen atoms in total. The van der Waals surface area contributed by atoms with Gasteiger partial charge < -0.3 is 20.2 Å². The van der Waals surface area contributed by atoms with Crippen molar-refractivity contribution in [3.8, 4) is 0 Å². The van der Waals surface area contributed by atoms with Crippen molar-refractivity contribution in [2.24, 2.45) is 0 Å². The van der Waals surface area contributed by atoms with Crippen molar-refractivity contribution >= 4 is 12.1 Å². The van der Waals surface area contributed by atoms with Crippen LogP contribution in [-0.2, 0) is 16.1 Å². The van der Waals surface area contributed by atoms with Crippen LogP contribution in [0.15, 0.2) is 30.3 Å². The zero-order valence-corrected chi connectivity index (χ0v) is 11.6. The third kappa shape index (κ3) is 4.73. The Hall–Kier alpha value is -2.12. The van der Waals surface area contributed by atoms with Gasteiger partial charge in [0.15, 0.2) is 0 Å². The van der Waals surface area contributed by atoms with Gasteiger partial charge in [-0.05, 0) is 5.56 Å². The van der Waals surface area contributed by atoms with E-state index in [1.165, 1.54) is 4.90 Å². The number of nitrogens with zero attached hydrogens (tertiary/aromatic N) is 1. The predicted molar refractivity (Wildman–Crippen MR) is 75.6 cm³/mol. The molecule has 1 aromatic carbocycles. The molecule has 1 amide bonds. The van der Waals surface area contributed by atoms with Gasteiger partial charge >= 0.3 is 12.1 Å². The first-order chi connectivity index (χ1) is 10.2. The normalized spacial score (nSPS) is 16.3. The Kier molecular flexibility index (Phi) is 5.53. The molecule has 0 radical (unpaired) electrons. The molecule has 0 bridgehead atoms. The number of carboxylic acid groups (broad SMARTS) is 1. The predicted octanol–water partition coefficient (Wildman–Crippen LogP) is 0.229. The molecule has 2 rings (SSSR count). The summed E-state index contributed by atoms with van der Waals surface area (Å²) in [6, 6.07) is 8.21. The minimum absolute atomic E-state index is 0.241. The summed E-state index contributed by atoms with van der Waals surface area (Å²) in [5.41, 5.74) is 3.21. The highest BCUT2D eigenvalue weighted by atomic mass is 16.7. The van der Waals surface area contributed by atoms with Crippen molar-refractivity contribution in [1.29, 1.82) is 0 Å². The van der Waals surface area contributed by atoms with Crippen LogP contribution in [-0.4, -0.2) is 54.3 Å². The molecule has 0 spiro atoms. The van der Waals surface area contributed by atoms with Gasteiger partial charge in [0.2, 0.25) is 0 Å². The van der Waals surface area contributed by atoms with Crippen LogP contribution in [0.3, 0.4) is 0 Å². The molecule has 0 unspecified atom stereocenters. The summed E-state index contributed by atoms with van der Waals surface area (Å²) < 4.78 is 0. The molecule has 1 aromatic rings. The molecule has 1 atom stereocenters. The van der Waals surface area contributed by atoms with E-state index in [0.717, 1.165) is 5.56 Å². The van der Waals surface area contributed by atoms with Crippen LogP contribution in [0.4, 0.5) is 4.79 Å². The number of aliphatic carboxylic acids is 1. The van der Waals surface area contributed by atoms with E-state index in [1.807, 2.05) is 30.3 Å². The maximum atomic E-state index is 11.8. The average molecular weight is 293 g/mol. The molecule has 114 valence electrons. The number of rotatable bonds is 5. The van der Waals surface area contributed by atoms with Crippen molar-refractivity contribution in [2.75, 3.05) is 26.2 Å². The topological polar surface area (TPSA) is 90.9 Å². The second-order valence-corrected chi connectivity index (χ2v) is 4.80. The summed E-state index contributed by atoms with van der Waals surface area (Å²) in [4.78, 5) is 29.5. The summed E-state index contributed by atoms with van der Waals surface area (Å²) in [6.07, 6.45) is -0.304. The molecule has 7 heteroatoms. The fourth-order valence-corrected chi connectivity index (χ4v) is 2.06. The summed E-state index contributed by atoms with van der Waals surface area (Å²) in [5.74, 6) is -1.06. The van der Waals surface area contributed by atoms with Crippen LogP contribution in [0.2, 0.25) is 0 Å². The summed E-state index contributed by atoms with van der Waals surface area (Å²) in [5, 5.41) is 12.3. The minimum atomic E-state index is -1.06. The van der Waals surface area contributed by atoms with Crippen LogP contribution in [0.1, 0.15) is 5.56 Å². The summed E-state index contributed by atoms with van der Waals surface area (Å²) in [6.45, 7) is 2.52. The first kappa shape index (κ1) is 15.3. The lowest BCUT2D eigenvalue weighted by Gasteiger charge is -2.26. The third-order valence-corrected chi connectivity index (χ3v) is 3.24. The first-order valence-electron chi connectivity index (χ1n) is 6.85. The number of benzene rings is 1. The SMILES string of the molecule is O=C(O)[C@H](Cc1ccccc1)NOC(=O)N1CCNCC1. The van der Waals surface area contributed by atoms with Crippen LogP contribution in [0, 0.1) is 0 Å². The molecule has 3 N–H and O–H groups in total. The fourth-order valence-electron chi connectivity index (χ4n) is 2.06. The number of carbonyl (C=O) groups is 2. The molecule has 1 heterocycles. The highest BCUT2D eigenvalue weighted by molar-refractivity contribution is 5.74. The van der Waals surface area contributed by atoms with Gasteiger partial charge in [0.1, 0.15) is 6.04 Å². The number of carbonyl (C=O) groups excluding carboxylic acids is 1. The Labute approximate surface area is 122 Å². The average Bonchev–Trinajstić information content (AvgIpc) is 2.52. The van der Waals surface area contributed by atoms with Gasteiger partial charge in [0.05, 0.1) is 0 Å². The van der Waals surface area contributed by atoms with E-state index in [4.69, 9.17) is 4.84 Å². The molecule has 21 heavy (non-hydrogen) atoms. The quantitative estimate of drug-likeness (QED) is 0.673. The number of carboxylic acids is 1. The van der Waals surface area contributed by atoms with Gasteiger partial charge in [0.25, 0.3) is 0 Å². The Morgan fingerprint density at radius 1 is 1.29 bits per heavy atom. The molecule has 1 aliphatic heterocycles. The Bertz CT molecular complexity index is 474. The minimum Gasteiger partial charge on any atom is -0.480 e. The van der Waals surface area contributed by atoms with E-state index in [1.54, 1.807) is 0 Å². The van der Waals surface area contributed by atoms with Crippen molar-refractivity contribution in [1.82, 2.24) is 15.7 Å². The van der Waals surface area contributed by atoms with E-state index in [9.17, 15) is 14.7 Å². The molecule has 0 aliphatic carbocycles. The maximum Gasteiger partial charge on any atom is 0.428 e. The fraction of sp³-hybridized carbons (Fsp3) is 0.429. The van der Waals surface area contributed by atoms with Gasteiger partial charge in [-0.15, -0.1) is 5.48 Å². The lowest BCUT2D eigenvalue weighted by Crippen LogP contribution is -2.49. The zero-order chi connectivity index (χ0) is 15.1. The van der Waals surface area contributed by atoms with Crippen LogP contribution in [0.25, 0.3) is 0 Å². The number of hydrogen-bond acceptors (Lipinski definition) is 5. The Balaban J connectivity index is 1.85. The molecule has 0 saturated carbocycles.